The lowest BCUT2D eigenvalue weighted by molar-refractivity contribution is -0.145. The van der Waals surface area contributed by atoms with Crippen LogP contribution < -0.4 is 4.90 Å². The molecule has 1 amide bonds. The van der Waals surface area contributed by atoms with Crippen LogP contribution >= 0.6 is 0 Å². The summed E-state index contributed by atoms with van der Waals surface area (Å²) < 4.78 is 10.5. The molecule has 1 atom stereocenters. The Kier molecular flexibility index (Phi) is 3.68. The molecule has 1 aliphatic heterocycles. The Morgan fingerprint density at radius 1 is 1.36 bits per heavy atom. The summed E-state index contributed by atoms with van der Waals surface area (Å²) in [5, 5.41) is 0. The number of oxazole rings is 1. The van der Waals surface area contributed by atoms with Crippen molar-refractivity contribution in [2.45, 2.75) is 6.42 Å². The molecule has 1 unspecified atom stereocenters. The van der Waals surface area contributed by atoms with Crippen LogP contribution in [0.4, 0.5) is 5.69 Å². The fourth-order valence-electron chi connectivity index (χ4n) is 2.98. The quantitative estimate of drug-likeness (QED) is 0.682. The molecule has 1 aliphatic rings. The summed E-state index contributed by atoms with van der Waals surface area (Å²) >= 11 is 0. The van der Waals surface area contributed by atoms with Crippen LogP contribution in [0.15, 0.2) is 47.1 Å². The molecule has 0 aliphatic carbocycles. The van der Waals surface area contributed by atoms with Gasteiger partial charge in [0.2, 0.25) is 11.8 Å². The van der Waals surface area contributed by atoms with Gasteiger partial charge in [0.15, 0.2) is 5.58 Å². The first kappa shape index (κ1) is 15.3. The average Bonchev–Trinajstić information content (AvgIpc) is 3.24. The van der Waals surface area contributed by atoms with E-state index in [0.717, 1.165) is 5.56 Å². The number of anilines is 1. The monoisotopic (exact) mass is 337 g/mol. The van der Waals surface area contributed by atoms with Gasteiger partial charge in [0, 0.05) is 31.0 Å². The molecule has 2 aromatic heterocycles. The van der Waals surface area contributed by atoms with Gasteiger partial charge in [0.05, 0.1) is 18.6 Å². The minimum atomic E-state index is -0.434. The zero-order valence-electron chi connectivity index (χ0n) is 13.5. The molecule has 7 heteroatoms. The third kappa shape index (κ3) is 2.73. The molecule has 3 aromatic rings. The maximum atomic E-state index is 12.2. The van der Waals surface area contributed by atoms with E-state index < -0.39 is 5.92 Å². The van der Waals surface area contributed by atoms with Crippen molar-refractivity contribution < 1.29 is 18.7 Å². The second-order valence-corrected chi connectivity index (χ2v) is 5.84. The second kappa shape index (κ2) is 6.01. The molecule has 0 radical (unpaired) electrons. The van der Waals surface area contributed by atoms with Crippen molar-refractivity contribution in [2.24, 2.45) is 5.92 Å². The van der Waals surface area contributed by atoms with Crippen LogP contribution in [0.5, 0.6) is 0 Å². The highest BCUT2D eigenvalue weighted by Crippen LogP contribution is 2.30. The molecule has 1 fully saturated rings. The normalized spacial score (nSPS) is 17.2. The highest BCUT2D eigenvalue weighted by atomic mass is 16.5. The third-order valence-corrected chi connectivity index (χ3v) is 4.25. The molecule has 3 heterocycles. The van der Waals surface area contributed by atoms with Crippen molar-refractivity contribution in [3.05, 3.63) is 42.7 Å². The number of amides is 1. The van der Waals surface area contributed by atoms with E-state index in [2.05, 4.69) is 9.97 Å². The Morgan fingerprint density at radius 3 is 3.00 bits per heavy atom. The lowest BCUT2D eigenvalue weighted by atomic mass is 10.1. The minimum absolute atomic E-state index is 0.106. The molecule has 7 nitrogen and oxygen atoms in total. The highest BCUT2D eigenvalue weighted by Gasteiger charge is 2.36. The molecule has 0 bridgehead atoms. The second-order valence-electron chi connectivity index (χ2n) is 5.84. The summed E-state index contributed by atoms with van der Waals surface area (Å²) in [5.41, 5.74) is 2.74. The van der Waals surface area contributed by atoms with Gasteiger partial charge in [-0.05, 0) is 30.3 Å². The number of esters is 1. The number of nitrogens with zero attached hydrogens (tertiary/aromatic N) is 3. The van der Waals surface area contributed by atoms with Gasteiger partial charge in [0.1, 0.15) is 5.52 Å². The van der Waals surface area contributed by atoms with E-state index in [1.54, 1.807) is 35.5 Å². The fraction of sp³-hybridized carbons (Fsp3) is 0.222. The molecule has 4 rings (SSSR count). The van der Waals surface area contributed by atoms with Crippen LogP contribution in [0.3, 0.4) is 0 Å². The van der Waals surface area contributed by atoms with Crippen molar-refractivity contribution in [3.63, 3.8) is 0 Å². The zero-order valence-corrected chi connectivity index (χ0v) is 13.5. The smallest absolute Gasteiger partial charge is 0.311 e. The summed E-state index contributed by atoms with van der Waals surface area (Å²) in [6, 6.07) is 9.03. The molecule has 0 N–H and O–H groups in total. The number of hydrogen-bond acceptors (Lipinski definition) is 6. The third-order valence-electron chi connectivity index (χ3n) is 4.25. The van der Waals surface area contributed by atoms with Gasteiger partial charge >= 0.3 is 5.97 Å². The van der Waals surface area contributed by atoms with Gasteiger partial charge < -0.3 is 14.1 Å². The maximum Gasteiger partial charge on any atom is 0.311 e. The predicted octanol–water partition coefficient (Wildman–Crippen LogP) is 2.42. The molecule has 1 aromatic carbocycles. The largest absolute Gasteiger partial charge is 0.469 e. The Bertz CT molecular complexity index is 951. The van der Waals surface area contributed by atoms with Crippen LogP contribution in [0.1, 0.15) is 6.42 Å². The van der Waals surface area contributed by atoms with Gasteiger partial charge in [0.25, 0.3) is 0 Å². The Balaban J connectivity index is 1.66. The van der Waals surface area contributed by atoms with Crippen LogP contribution in [0, 0.1) is 5.92 Å². The molecular weight excluding hydrogens is 322 g/mol. The van der Waals surface area contributed by atoms with Gasteiger partial charge in [-0.2, -0.15) is 0 Å². The summed E-state index contributed by atoms with van der Waals surface area (Å²) in [5.74, 6) is -0.431. The Hall–Kier alpha value is -3.22. The van der Waals surface area contributed by atoms with Crippen molar-refractivity contribution in [1.29, 1.82) is 0 Å². The van der Waals surface area contributed by atoms with Crippen LogP contribution in [0.25, 0.3) is 22.6 Å². The van der Waals surface area contributed by atoms with E-state index in [1.165, 1.54) is 7.11 Å². The number of methoxy groups -OCH3 is 1. The van der Waals surface area contributed by atoms with Crippen molar-refractivity contribution in [3.8, 4) is 11.5 Å². The van der Waals surface area contributed by atoms with Crippen molar-refractivity contribution in [1.82, 2.24) is 9.97 Å². The lowest BCUT2D eigenvalue weighted by Gasteiger charge is -2.16. The number of hydrogen-bond donors (Lipinski definition) is 0. The van der Waals surface area contributed by atoms with E-state index in [0.29, 0.717) is 29.2 Å². The number of rotatable bonds is 3. The van der Waals surface area contributed by atoms with E-state index in [9.17, 15) is 9.59 Å². The molecule has 0 spiro atoms. The first-order valence-electron chi connectivity index (χ1n) is 7.85. The number of benzene rings is 1. The highest BCUT2D eigenvalue weighted by molar-refractivity contribution is 6.00. The van der Waals surface area contributed by atoms with Gasteiger partial charge in [-0.25, -0.2) is 4.98 Å². The summed E-state index contributed by atoms with van der Waals surface area (Å²) in [4.78, 5) is 34.0. The molecule has 126 valence electrons. The first-order valence-corrected chi connectivity index (χ1v) is 7.85. The summed E-state index contributed by atoms with van der Waals surface area (Å²) in [6.45, 7) is 0.310. The Labute approximate surface area is 143 Å². The topological polar surface area (TPSA) is 85.5 Å². The van der Waals surface area contributed by atoms with Gasteiger partial charge in [-0.3, -0.25) is 14.6 Å². The molecule has 25 heavy (non-hydrogen) atoms. The fourth-order valence-corrected chi connectivity index (χ4v) is 2.98. The Morgan fingerprint density at radius 2 is 2.24 bits per heavy atom. The maximum absolute atomic E-state index is 12.2. The number of aromatic nitrogens is 2. The van der Waals surface area contributed by atoms with Gasteiger partial charge in [-0.15, -0.1) is 0 Å². The SMILES string of the molecule is COC(=O)C1CC(=O)N(c2ccc3oc(-c4cccnc4)nc3c2)C1. The van der Waals surface area contributed by atoms with E-state index in [-0.39, 0.29) is 18.3 Å². The van der Waals surface area contributed by atoms with E-state index in [4.69, 9.17) is 9.15 Å². The summed E-state index contributed by atoms with van der Waals surface area (Å²) in [7, 11) is 1.33. The van der Waals surface area contributed by atoms with Crippen molar-refractivity contribution in [2.75, 3.05) is 18.6 Å². The number of pyridine rings is 1. The molecule has 0 saturated carbocycles. The van der Waals surface area contributed by atoms with E-state index in [1.807, 2.05) is 12.1 Å². The summed E-state index contributed by atoms with van der Waals surface area (Å²) in [6.07, 6.45) is 3.52. The minimum Gasteiger partial charge on any atom is -0.469 e. The van der Waals surface area contributed by atoms with Crippen LogP contribution in [-0.4, -0.2) is 35.5 Å². The zero-order chi connectivity index (χ0) is 17.4. The first-order chi connectivity index (χ1) is 12.2. The number of ether oxygens (including phenoxy) is 1. The molecular formula is C18H15N3O4. The van der Waals surface area contributed by atoms with Crippen LogP contribution in [-0.2, 0) is 14.3 Å². The molecule has 1 saturated heterocycles. The standard InChI is InChI=1S/C18H15N3O4/c1-24-18(23)12-7-16(22)21(10-12)13-4-5-15-14(8-13)20-17(25-15)11-3-2-6-19-9-11/h2-6,8-9,12H,7,10H2,1H3. The number of carbonyl (C=O) groups is 2. The van der Waals surface area contributed by atoms with Crippen molar-refractivity contribution >= 4 is 28.7 Å². The average molecular weight is 337 g/mol. The lowest BCUT2D eigenvalue weighted by Crippen LogP contribution is -2.26. The number of carbonyl (C=O) groups excluding carboxylic acids is 2. The van der Waals surface area contributed by atoms with Crippen LogP contribution in [0.2, 0.25) is 0 Å². The van der Waals surface area contributed by atoms with Gasteiger partial charge in [-0.1, -0.05) is 0 Å². The predicted molar refractivity (Wildman–Crippen MR) is 89.7 cm³/mol. The number of fused-ring (bicyclic) bond motifs is 1. The van der Waals surface area contributed by atoms with E-state index >= 15 is 0 Å².